The molecule has 0 spiro atoms. The van der Waals surface area contributed by atoms with Gasteiger partial charge in [0.05, 0.1) is 6.33 Å². The Balaban J connectivity index is 2.86. The van der Waals surface area contributed by atoms with E-state index in [0.29, 0.717) is 6.41 Å². The van der Waals surface area contributed by atoms with Crippen molar-refractivity contribution in [3.63, 3.8) is 0 Å². The number of rotatable bonds is 4. The second-order valence-electron chi connectivity index (χ2n) is 2.33. The number of nitrogens with two attached hydrogens (primary N) is 1. The predicted molar refractivity (Wildman–Crippen MR) is 45.4 cm³/mol. The van der Waals surface area contributed by atoms with Crippen LogP contribution in [0, 0.1) is 0 Å². The second-order valence-corrected chi connectivity index (χ2v) is 2.33. The minimum Gasteiger partial charge on any atom is -0.364 e. The first kappa shape index (κ1) is 9.84. The number of aromatic amines is 1. The lowest BCUT2D eigenvalue weighted by Crippen LogP contribution is -2.11. The molecule has 1 heterocycles. The van der Waals surface area contributed by atoms with Gasteiger partial charge in [-0.2, -0.15) is 0 Å². The van der Waals surface area contributed by atoms with Crippen LogP contribution < -0.4 is 5.73 Å². The smallest absolute Gasteiger partial charge is 0.269 e. The molecule has 0 aliphatic carbocycles. The standard InChI is InChI=1S/C6H8N6O2/c1-12(3-13)11-10-6-4(5(7)14)8-2-9-6/h2-3H,1H3,(H2,7,14)(H,8,9). The summed E-state index contributed by atoms with van der Waals surface area (Å²) >= 11 is 0. The Hall–Kier alpha value is -2.25. The minimum absolute atomic E-state index is 0.0474. The molecule has 0 fully saturated rings. The molecule has 3 N–H and O–H groups in total. The van der Waals surface area contributed by atoms with E-state index in [-0.39, 0.29) is 11.5 Å². The Morgan fingerprint density at radius 3 is 3.07 bits per heavy atom. The third-order valence-corrected chi connectivity index (χ3v) is 1.30. The van der Waals surface area contributed by atoms with Crippen LogP contribution in [0.15, 0.2) is 16.7 Å². The maximum Gasteiger partial charge on any atom is 0.269 e. The maximum atomic E-state index is 10.8. The van der Waals surface area contributed by atoms with Crippen LogP contribution in [0.3, 0.4) is 0 Å². The Bertz CT molecular complexity index is 370. The van der Waals surface area contributed by atoms with Gasteiger partial charge in [-0.15, -0.1) is 5.11 Å². The monoisotopic (exact) mass is 196 g/mol. The first-order valence-corrected chi connectivity index (χ1v) is 3.58. The van der Waals surface area contributed by atoms with E-state index in [1.807, 2.05) is 0 Å². The van der Waals surface area contributed by atoms with E-state index in [9.17, 15) is 9.59 Å². The predicted octanol–water partition coefficient (Wildman–Crippen LogP) is -0.405. The van der Waals surface area contributed by atoms with Crippen molar-refractivity contribution in [1.82, 2.24) is 15.0 Å². The molecule has 2 amide bonds. The van der Waals surface area contributed by atoms with Gasteiger partial charge < -0.3 is 10.7 Å². The molecule has 0 bridgehead atoms. The molecule has 0 saturated heterocycles. The molecule has 0 saturated carbocycles. The van der Waals surface area contributed by atoms with Gasteiger partial charge in [-0.25, -0.2) is 9.99 Å². The fraction of sp³-hybridized carbons (Fsp3) is 0.167. The van der Waals surface area contributed by atoms with Gasteiger partial charge >= 0.3 is 0 Å². The van der Waals surface area contributed by atoms with Crippen molar-refractivity contribution in [1.29, 1.82) is 0 Å². The summed E-state index contributed by atoms with van der Waals surface area (Å²) in [5, 5.41) is 7.89. The van der Waals surface area contributed by atoms with E-state index >= 15 is 0 Å². The van der Waals surface area contributed by atoms with Crippen LogP contribution in [0.5, 0.6) is 0 Å². The summed E-state index contributed by atoms with van der Waals surface area (Å²) in [6, 6.07) is 0. The SMILES string of the molecule is CN(C=O)N=Nc1nc[nH]c1C(N)=O. The number of carbonyl (C=O) groups excluding carboxylic acids is 2. The third kappa shape index (κ3) is 2.12. The van der Waals surface area contributed by atoms with Crippen LogP contribution in [0.4, 0.5) is 5.82 Å². The number of amides is 2. The van der Waals surface area contributed by atoms with Crippen molar-refractivity contribution in [2.24, 2.45) is 16.1 Å². The highest BCUT2D eigenvalue weighted by Gasteiger charge is 2.09. The molecule has 0 aliphatic rings. The fourth-order valence-corrected chi connectivity index (χ4v) is 0.678. The first-order chi connectivity index (χ1) is 6.65. The molecule has 1 aromatic heterocycles. The highest BCUT2D eigenvalue weighted by molar-refractivity contribution is 5.94. The highest BCUT2D eigenvalue weighted by Crippen LogP contribution is 2.12. The van der Waals surface area contributed by atoms with E-state index in [4.69, 9.17) is 5.73 Å². The first-order valence-electron chi connectivity index (χ1n) is 3.58. The van der Waals surface area contributed by atoms with Crippen LogP contribution in [-0.2, 0) is 4.79 Å². The summed E-state index contributed by atoms with van der Waals surface area (Å²) in [4.78, 5) is 27.1. The number of H-pyrrole nitrogens is 1. The van der Waals surface area contributed by atoms with Gasteiger partial charge in [0.15, 0.2) is 5.69 Å². The van der Waals surface area contributed by atoms with Crippen molar-refractivity contribution in [3.8, 4) is 0 Å². The highest BCUT2D eigenvalue weighted by atomic mass is 16.1. The zero-order valence-corrected chi connectivity index (χ0v) is 7.34. The van der Waals surface area contributed by atoms with Crippen LogP contribution >= 0.6 is 0 Å². The summed E-state index contributed by atoms with van der Waals surface area (Å²) in [6.07, 6.45) is 1.72. The molecule has 74 valence electrons. The lowest BCUT2D eigenvalue weighted by atomic mass is 10.4. The zero-order chi connectivity index (χ0) is 10.6. The summed E-state index contributed by atoms with van der Waals surface area (Å²) in [5.41, 5.74) is 5.05. The number of hydrogen-bond acceptors (Lipinski definition) is 5. The van der Waals surface area contributed by atoms with Gasteiger partial charge in [0, 0.05) is 7.05 Å². The average molecular weight is 196 g/mol. The van der Waals surface area contributed by atoms with Crippen molar-refractivity contribution >= 4 is 18.1 Å². The van der Waals surface area contributed by atoms with E-state index in [1.165, 1.54) is 13.4 Å². The lowest BCUT2D eigenvalue weighted by Gasteiger charge is -1.97. The Morgan fingerprint density at radius 2 is 2.50 bits per heavy atom. The van der Waals surface area contributed by atoms with Gasteiger partial charge in [0.25, 0.3) is 5.91 Å². The van der Waals surface area contributed by atoms with E-state index in [1.54, 1.807) is 0 Å². The number of nitrogens with zero attached hydrogens (tertiary/aromatic N) is 4. The molecule has 1 rings (SSSR count). The number of aromatic nitrogens is 2. The molecule has 0 unspecified atom stereocenters. The van der Waals surface area contributed by atoms with Crippen LogP contribution in [0.1, 0.15) is 10.5 Å². The van der Waals surface area contributed by atoms with Gasteiger partial charge in [0.2, 0.25) is 12.2 Å². The number of imidazole rings is 1. The molecule has 14 heavy (non-hydrogen) atoms. The van der Waals surface area contributed by atoms with Crippen LogP contribution in [0.25, 0.3) is 0 Å². The lowest BCUT2D eigenvalue weighted by molar-refractivity contribution is -0.117. The second kappa shape index (κ2) is 4.12. The zero-order valence-electron chi connectivity index (χ0n) is 7.34. The van der Waals surface area contributed by atoms with E-state index < -0.39 is 5.91 Å². The topological polar surface area (TPSA) is 117 Å². The Labute approximate surface area is 78.8 Å². The average Bonchev–Trinajstić information content (AvgIpc) is 2.62. The largest absolute Gasteiger partial charge is 0.364 e. The summed E-state index contributed by atoms with van der Waals surface area (Å²) < 4.78 is 0. The molecule has 0 atom stereocenters. The quantitative estimate of drug-likeness (QED) is 0.387. The molecule has 1 aromatic rings. The Morgan fingerprint density at radius 1 is 1.79 bits per heavy atom. The van der Waals surface area contributed by atoms with Crippen molar-refractivity contribution in [2.75, 3.05) is 7.05 Å². The van der Waals surface area contributed by atoms with Crippen LogP contribution in [-0.4, -0.2) is 34.3 Å². The number of primary amides is 1. The molecular weight excluding hydrogens is 188 g/mol. The molecule has 0 radical (unpaired) electrons. The Kier molecular flexibility index (Phi) is 2.89. The van der Waals surface area contributed by atoms with E-state index in [2.05, 4.69) is 20.3 Å². The van der Waals surface area contributed by atoms with Gasteiger partial charge in [-0.05, 0) is 0 Å². The van der Waals surface area contributed by atoms with Gasteiger partial charge in [-0.3, -0.25) is 9.59 Å². The molecule has 8 nitrogen and oxygen atoms in total. The van der Waals surface area contributed by atoms with Crippen LogP contribution in [0.2, 0.25) is 0 Å². The van der Waals surface area contributed by atoms with Crippen molar-refractivity contribution in [3.05, 3.63) is 12.0 Å². The normalized spacial score (nSPS) is 10.4. The third-order valence-electron chi connectivity index (χ3n) is 1.30. The molecule has 0 aromatic carbocycles. The summed E-state index contributed by atoms with van der Waals surface area (Å²) in [6.45, 7) is 0. The van der Waals surface area contributed by atoms with Crippen molar-refractivity contribution < 1.29 is 9.59 Å². The van der Waals surface area contributed by atoms with Gasteiger partial charge in [0.1, 0.15) is 0 Å². The van der Waals surface area contributed by atoms with Gasteiger partial charge in [-0.1, -0.05) is 5.22 Å². The fourth-order valence-electron chi connectivity index (χ4n) is 0.678. The van der Waals surface area contributed by atoms with Crippen molar-refractivity contribution in [2.45, 2.75) is 0 Å². The maximum absolute atomic E-state index is 10.8. The number of hydrogen-bond donors (Lipinski definition) is 2. The van der Waals surface area contributed by atoms with E-state index in [0.717, 1.165) is 5.01 Å². The summed E-state index contributed by atoms with van der Waals surface area (Å²) in [5.74, 6) is -0.642. The number of carbonyl (C=O) groups is 2. The molecular formula is C6H8N6O2. The summed E-state index contributed by atoms with van der Waals surface area (Å²) in [7, 11) is 1.40. The molecule has 8 heteroatoms. The number of nitrogens with one attached hydrogen (secondary N) is 1. The minimum atomic E-state index is -0.690. The molecule has 0 aliphatic heterocycles.